The molecule has 1 aromatic heterocycles. The van der Waals surface area contributed by atoms with E-state index in [9.17, 15) is 18.0 Å². The van der Waals surface area contributed by atoms with Gasteiger partial charge < -0.3 is 9.67 Å². The number of rotatable bonds is 3. The third-order valence-electron chi connectivity index (χ3n) is 3.39. The molecule has 0 bridgehead atoms. The van der Waals surface area contributed by atoms with E-state index < -0.39 is 22.7 Å². The summed E-state index contributed by atoms with van der Waals surface area (Å²) in [7, 11) is 0. The zero-order chi connectivity index (χ0) is 13.6. The van der Waals surface area contributed by atoms with Gasteiger partial charge in [-0.3, -0.25) is 4.79 Å². The topological polar surface area (TPSA) is 42.2 Å². The van der Waals surface area contributed by atoms with Gasteiger partial charge in [0.15, 0.2) is 0 Å². The van der Waals surface area contributed by atoms with Gasteiger partial charge in [-0.15, -0.1) is 0 Å². The maximum Gasteiger partial charge on any atom is 0.417 e. The van der Waals surface area contributed by atoms with E-state index in [0.29, 0.717) is 0 Å². The van der Waals surface area contributed by atoms with Crippen molar-refractivity contribution in [3.05, 3.63) is 33.7 Å². The van der Waals surface area contributed by atoms with Crippen LogP contribution in [0.4, 0.5) is 13.2 Å². The van der Waals surface area contributed by atoms with E-state index in [-0.39, 0.29) is 18.7 Å². The van der Waals surface area contributed by atoms with E-state index in [1.54, 1.807) is 0 Å². The Morgan fingerprint density at radius 2 is 2.06 bits per heavy atom. The first-order valence-corrected chi connectivity index (χ1v) is 5.67. The van der Waals surface area contributed by atoms with Crippen molar-refractivity contribution in [2.75, 3.05) is 6.61 Å². The van der Waals surface area contributed by atoms with Crippen LogP contribution in [-0.2, 0) is 12.7 Å². The van der Waals surface area contributed by atoms with E-state index in [1.807, 2.05) is 0 Å². The second-order valence-corrected chi connectivity index (χ2v) is 5.00. The molecule has 1 aromatic rings. The molecular weight excluding hydrogens is 247 g/mol. The Morgan fingerprint density at radius 1 is 1.44 bits per heavy atom. The zero-order valence-corrected chi connectivity index (χ0v) is 9.92. The maximum absolute atomic E-state index is 12.6. The van der Waals surface area contributed by atoms with Crippen LogP contribution in [0.5, 0.6) is 0 Å². The number of aryl methyl sites for hydroxylation is 1. The molecule has 0 saturated heterocycles. The quantitative estimate of drug-likeness (QED) is 0.903. The molecule has 0 amide bonds. The summed E-state index contributed by atoms with van der Waals surface area (Å²) >= 11 is 0. The van der Waals surface area contributed by atoms with Crippen LogP contribution in [0.25, 0.3) is 0 Å². The molecule has 1 aliphatic carbocycles. The van der Waals surface area contributed by atoms with Gasteiger partial charge in [-0.05, 0) is 25.8 Å². The molecule has 1 fully saturated rings. The van der Waals surface area contributed by atoms with Crippen LogP contribution in [0.3, 0.4) is 0 Å². The van der Waals surface area contributed by atoms with E-state index in [4.69, 9.17) is 5.11 Å². The lowest BCUT2D eigenvalue weighted by atomic mass is 10.1. The minimum atomic E-state index is -4.46. The SMILES string of the molecule is Cc1cc(C(F)(F)F)cn(CC2(CO)CC2)c1=O. The number of hydrogen-bond acceptors (Lipinski definition) is 2. The molecule has 0 radical (unpaired) electrons. The largest absolute Gasteiger partial charge is 0.417 e. The van der Waals surface area contributed by atoms with Crippen LogP contribution in [0.15, 0.2) is 17.1 Å². The second-order valence-electron chi connectivity index (χ2n) is 5.00. The third-order valence-corrected chi connectivity index (χ3v) is 3.39. The lowest BCUT2D eigenvalue weighted by molar-refractivity contribution is -0.138. The molecule has 0 atom stereocenters. The fraction of sp³-hybridized carbons (Fsp3) is 0.583. The summed E-state index contributed by atoms with van der Waals surface area (Å²) < 4.78 is 39.0. The highest BCUT2D eigenvalue weighted by atomic mass is 19.4. The molecule has 3 nitrogen and oxygen atoms in total. The van der Waals surface area contributed by atoms with Crippen LogP contribution in [0.2, 0.25) is 0 Å². The average molecular weight is 261 g/mol. The number of aliphatic hydroxyl groups is 1. The summed E-state index contributed by atoms with van der Waals surface area (Å²) in [5, 5.41) is 9.17. The van der Waals surface area contributed by atoms with Crippen LogP contribution in [0.1, 0.15) is 24.0 Å². The van der Waals surface area contributed by atoms with E-state index >= 15 is 0 Å². The molecule has 2 rings (SSSR count). The number of aliphatic hydroxyl groups excluding tert-OH is 1. The van der Waals surface area contributed by atoms with Gasteiger partial charge in [0, 0.05) is 23.7 Å². The Bertz CT molecular complexity index is 515. The Morgan fingerprint density at radius 3 is 2.50 bits per heavy atom. The van der Waals surface area contributed by atoms with E-state index in [0.717, 1.165) is 29.7 Å². The fourth-order valence-electron chi connectivity index (χ4n) is 1.96. The van der Waals surface area contributed by atoms with Crippen LogP contribution < -0.4 is 5.56 Å². The Labute approximate surface area is 102 Å². The number of hydrogen-bond donors (Lipinski definition) is 1. The summed E-state index contributed by atoms with van der Waals surface area (Å²) in [6, 6.07) is 0.858. The lowest BCUT2D eigenvalue weighted by Crippen LogP contribution is -2.29. The first kappa shape index (κ1) is 13.1. The number of halogens is 3. The van der Waals surface area contributed by atoms with E-state index in [2.05, 4.69) is 0 Å². The average Bonchev–Trinajstić information content (AvgIpc) is 3.04. The standard InChI is InChI=1S/C12H14F3NO2/c1-8-4-9(12(13,14)15)5-16(10(8)18)6-11(7-17)2-3-11/h4-5,17H,2-3,6-7H2,1H3. The number of pyridine rings is 1. The van der Waals surface area contributed by atoms with E-state index in [1.165, 1.54) is 6.92 Å². The van der Waals surface area contributed by atoms with Crippen molar-refractivity contribution in [2.24, 2.45) is 5.41 Å². The predicted molar refractivity (Wildman–Crippen MR) is 59.2 cm³/mol. The molecule has 0 aromatic carbocycles. The summed E-state index contributed by atoms with van der Waals surface area (Å²) in [5.41, 5.74) is -1.59. The molecule has 0 unspecified atom stereocenters. The van der Waals surface area contributed by atoms with Crippen LogP contribution in [-0.4, -0.2) is 16.3 Å². The van der Waals surface area contributed by atoms with Crippen molar-refractivity contribution in [2.45, 2.75) is 32.5 Å². The van der Waals surface area contributed by atoms with Gasteiger partial charge in [0.25, 0.3) is 5.56 Å². The Balaban J connectivity index is 2.40. The van der Waals surface area contributed by atoms with Gasteiger partial charge in [-0.1, -0.05) is 0 Å². The molecule has 1 N–H and O–H groups in total. The van der Waals surface area contributed by atoms with Gasteiger partial charge in [-0.25, -0.2) is 0 Å². The molecule has 1 saturated carbocycles. The minimum absolute atomic E-state index is 0.0681. The molecule has 18 heavy (non-hydrogen) atoms. The first-order chi connectivity index (χ1) is 8.27. The first-order valence-electron chi connectivity index (χ1n) is 5.67. The van der Waals surface area contributed by atoms with Gasteiger partial charge >= 0.3 is 6.18 Å². The van der Waals surface area contributed by atoms with Crippen molar-refractivity contribution >= 4 is 0 Å². The number of aromatic nitrogens is 1. The predicted octanol–water partition coefficient (Wildman–Crippen LogP) is 1.95. The molecule has 6 heteroatoms. The van der Waals surface area contributed by atoms with Crippen molar-refractivity contribution in [1.82, 2.24) is 4.57 Å². The highest BCUT2D eigenvalue weighted by Gasteiger charge is 2.43. The summed E-state index contributed by atoms with van der Waals surface area (Å²) in [4.78, 5) is 11.8. The highest BCUT2D eigenvalue weighted by Crippen LogP contribution is 2.46. The van der Waals surface area contributed by atoms with Crippen molar-refractivity contribution in [3.8, 4) is 0 Å². The zero-order valence-electron chi connectivity index (χ0n) is 9.92. The summed E-state index contributed by atoms with van der Waals surface area (Å²) in [5.74, 6) is 0. The molecule has 1 heterocycles. The Hall–Kier alpha value is -1.30. The van der Waals surface area contributed by atoms with Gasteiger partial charge in [0.2, 0.25) is 0 Å². The van der Waals surface area contributed by atoms with Gasteiger partial charge in [0.05, 0.1) is 12.2 Å². The molecule has 1 aliphatic rings. The Kier molecular flexibility index (Phi) is 3.01. The molecular formula is C12H14F3NO2. The molecule has 100 valence electrons. The molecule has 0 spiro atoms. The summed E-state index contributed by atoms with van der Waals surface area (Å²) in [6.45, 7) is 1.41. The monoisotopic (exact) mass is 261 g/mol. The van der Waals surface area contributed by atoms with Crippen molar-refractivity contribution in [3.63, 3.8) is 0 Å². The van der Waals surface area contributed by atoms with Crippen LogP contribution in [0, 0.1) is 12.3 Å². The van der Waals surface area contributed by atoms with Crippen molar-refractivity contribution < 1.29 is 18.3 Å². The lowest BCUT2D eigenvalue weighted by Gasteiger charge is -2.16. The van der Waals surface area contributed by atoms with Gasteiger partial charge in [-0.2, -0.15) is 13.2 Å². The second kappa shape index (κ2) is 4.12. The number of alkyl halides is 3. The maximum atomic E-state index is 12.6. The molecule has 0 aliphatic heterocycles. The minimum Gasteiger partial charge on any atom is -0.396 e. The highest BCUT2D eigenvalue weighted by molar-refractivity contribution is 5.21. The fourth-order valence-corrected chi connectivity index (χ4v) is 1.96. The number of nitrogens with zero attached hydrogens (tertiary/aromatic N) is 1. The smallest absolute Gasteiger partial charge is 0.396 e. The van der Waals surface area contributed by atoms with Crippen LogP contribution >= 0.6 is 0 Å². The normalized spacial score (nSPS) is 17.8. The summed E-state index contributed by atoms with van der Waals surface area (Å²) in [6.07, 6.45) is -2.14. The van der Waals surface area contributed by atoms with Gasteiger partial charge in [0.1, 0.15) is 0 Å². The van der Waals surface area contributed by atoms with Crippen molar-refractivity contribution in [1.29, 1.82) is 0 Å². The third kappa shape index (κ3) is 2.43.